The molecule has 0 heterocycles. The Morgan fingerprint density at radius 2 is 1.94 bits per heavy atom. The molecular weight excluding hydrogens is 276 g/mol. The molecule has 0 bridgehead atoms. The smallest absolute Gasteiger partial charge is 0.0460 e. The van der Waals surface area contributed by atoms with E-state index in [4.69, 9.17) is 5.84 Å². The highest BCUT2D eigenvalue weighted by molar-refractivity contribution is 9.10. The Balaban J connectivity index is 2.37. The van der Waals surface area contributed by atoms with Crippen LogP contribution in [-0.4, -0.2) is 0 Å². The van der Waals surface area contributed by atoms with Crippen LogP contribution in [0.5, 0.6) is 0 Å². The lowest BCUT2D eigenvalue weighted by molar-refractivity contribution is 0.484. The maximum Gasteiger partial charge on any atom is 0.0460 e. The van der Waals surface area contributed by atoms with E-state index in [-0.39, 0.29) is 6.04 Å². The molecule has 3 heteroatoms. The quantitative estimate of drug-likeness (QED) is 0.328. The zero-order chi connectivity index (χ0) is 12.5. The van der Waals surface area contributed by atoms with Gasteiger partial charge in [0, 0.05) is 10.5 Å². The first-order valence-electron chi connectivity index (χ1n) is 6.10. The number of nitrogens with one attached hydrogen (secondary N) is 1. The maximum absolute atomic E-state index is 5.61. The van der Waals surface area contributed by atoms with Crippen LogP contribution in [0.3, 0.4) is 0 Å². The molecular formula is C14H21BrN2. The molecule has 0 saturated heterocycles. The van der Waals surface area contributed by atoms with Crippen molar-refractivity contribution in [1.82, 2.24) is 5.43 Å². The molecule has 17 heavy (non-hydrogen) atoms. The molecule has 2 nitrogen and oxygen atoms in total. The molecule has 1 aromatic carbocycles. The van der Waals surface area contributed by atoms with Crippen LogP contribution in [0.25, 0.3) is 0 Å². The highest BCUT2D eigenvalue weighted by atomic mass is 79.9. The summed E-state index contributed by atoms with van der Waals surface area (Å²) in [5.74, 6) is 5.61. The van der Waals surface area contributed by atoms with Crippen molar-refractivity contribution in [1.29, 1.82) is 0 Å². The standard InChI is InChI=1S/C14H21BrN2/c1-2-3-4-5-6-7-14(17-16)12-8-10-13(15)11-9-12/h2,8-11,14,17H,1,3-7,16H2. The minimum atomic E-state index is 0.256. The van der Waals surface area contributed by atoms with Crippen molar-refractivity contribution in [3.8, 4) is 0 Å². The first kappa shape index (κ1) is 14.4. The van der Waals surface area contributed by atoms with Crippen molar-refractivity contribution in [2.45, 2.75) is 38.1 Å². The highest BCUT2D eigenvalue weighted by Crippen LogP contribution is 2.21. The number of unbranched alkanes of at least 4 members (excludes halogenated alkanes) is 3. The number of halogens is 1. The lowest BCUT2D eigenvalue weighted by atomic mass is 10.0. The van der Waals surface area contributed by atoms with E-state index in [0.717, 1.165) is 17.3 Å². The summed E-state index contributed by atoms with van der Waals surface area (Å²) >= 11 is 3.44. The third-order valence-corrected chi connectivity index (χ3v) is 3.40. The molecule has 94 valence electrons. The molecule has 0 aliphatic rings. The summed E-state index contributed by atoms with van der Waals surface area (Å²) < 4.78 is 1.10. The van der Waals surface area contributed by atoms with Crippen LogP contribution in [0.4, 0.5) is 0 Å². The van der Waals surface area contributed by atoms with Gasteiger partial charge in [0.1, 0.15) is 0 Å². The van der Waals surface area contributed by atoms with E-state index < -0.39 is 0 Å². The number of nitrogens with two attached hydrogens (primary N) is 1. The summed E-state index contributed by atoms with van der Waals surface area (Å²) in [6, 6.07) is 8.58. The Bertz CT molecular complexity index is 321. The van der Waals surface area contributed by atoms with Crippen LogP contribution in [0.2, 0.25) is 0 Å². The fourth-order valence-corrected chi connectivity index (χ4v) is 2.12. The molecule has 0 radical (unpaired) electrons. The van der Waals surface area contributed by atoms with Gasteiger partial charge in [0.15, 0.2) is 0 Å². The van der Waals surface area contributed by atoms with Crippen molar-refractivity contribution in [2.24, 2.45) is 5.84 Å². The number of hydrazine groups is 1. The fraction of sp³-hybridized carbons (Fsp3) is 0.429. The third kappa shape index (κ3) is 5.48. The average molecular weight is 297 g/mol. The predicted octanol–water partition coefficient (Wildman–Crippen LogP) is 4.09. The van der Waals surface area contributed by atoms with Gasteiger partial charge in [-0.15, -0.1) is 6.58 Å². The largest absolute Gasteiger partial charge is 0.271 e. The van der Waals surface area contributed by atoms with E-state index in [9.17, 15) is 0 Å². The van der Waals surface area contributed by atoms with E-state index in [2.05, 4.69) is 52.2 Å². The van der Waals surface area contributed by atoms with E-state index >= 15 is 0 Å². The Morgan fingerprint density at radius 1 is 1.24 bits per heavy atom. The molecule has 1 atom stereocenters. The van der Waals surface area contributed by atoms with Crippen LogP contribution in [0, 0.1) is 0 Å². The Kier molecular flexibility index (Phi) is 7.17. The van der Waals surface area contributed by atoms with Gasteiger partial charge < -0.3 is 0 Å². The minimum absolute atomic E-state index is 0.256. The van der Waals surface area contributed by atoms with Crippen LogP contribution in [-0.2, 0) is 0 Å². The molecule has 0 amide bonds. The number of allylic oxidation sites excluding steroid dienone is 1. The summed E-state index contributed by atoms with van der Waals surface area (Å²) in [5.41, 5.74) is 4.14. The molecule has 1 unspecified atom stereocenters. The van der Waals surface area contributed by atoms with Crippen LogP contribution >= 0.6 is 15.9 Å². The topological polar surface area (TPSA) is 38.0 Å². The molecule has 0 fully saturated rings. The first-order chi connectivity index (χ1) is 8.27. The fourth-order valence-electron chi connectivity index (χ4n) is 1.86. The van der Waals surface area contributed by atoms with E-state index in [1.165, 1.54) is 24.8 Å². The minimum Gasteiger partial charge on any atom is -0.271 e. The lowest BCUT2D eigenvalue weighted by Crippen LogP contribution is -2.27. The molecule has 3 N–H and O–H groups in total. The Hall–Kier alpha value is -0.640. The van der Waals surface area contributed by atoms with Gasteiger partial charge in [-0.3, -0.25) is 11.3 Å². The van der Waals surface area contributed by atoms with Crippen LogP contribution < -0.4 is 11.3 Å². The molecule has 0 aromatic heterocycles. The predicted molar refractivity (Wildman–Crippen MR) is 77.5 cm³/mol. The summed E-state index contributed by atoms with van der Waals surface area (Å²) in [7, 11) is 0. The normalized spacial score (nSPS) is 12.4. The maximum atomic E-state index is 5.61. The second kappa shape index (κ2) is 8.45. The number of benzene rings is 1. The van der Waals surface area contributed by atoms with Gasteiger partial charge in [0.05, 0.1) is 0 Å². The first-order valence-corrected chi connectivity index (χ1v) is 6.89. The van der Waals surface area contributed by atoms with Gasteiger partial charge in [-0.25, -0.2) is 0 Å². The van der Waals surface area contributed by atoms with Crippen molar-refractivity contribution >= 4 is 15.9 Å². The van der Waals surface area contributed by atoms with Gasteiger partial charge in [0.2, 0.25) is 0 Å². The second-order valence-electron chi connectivity index (χ2n) is 4.20. The number of hydrogen-bond donors (Lipinski definition) is 2. The van der Waals surface area contributed by atoms with Crippen molar-refractivity contribution in [2.75, 3.05) is 0 Å². The van der Waals surface area contributed by atoms with Crippen LogP contribution in [0.1, 0.15) is 43.7 Å². The van der Waals surface area contributed by atoms with Crippen molar-refractivity contribution in [3.63, 3.8) is 0 Å². The average Bonchev–Trinajstić information content (AvgIpc) is 2.35. The molecule has 0 aliphatic carbocycles. The molecule has 0 spiro atoms. The summed E-state index contributed by atoms with van der Waals surface area (Å²) in [4.78, 5) is 0. The number of hydrogen-bond acceptors (Lipinski definition) is 2. The Labute approximate surface area is 112 Å². The monoisotopic (exact) mass is 296 g/mol. The van der Waals surface area contributed by atoms with E-state index in [0.29, 0.717) is 0 Å². The van der Waals surface area contributed by atoms with Gasteiger partial charge in [-0.05, 0) is 37.0 Å². The third-order valence-electron chi connectivity index (χ3n) is 2.87. The Morgan fingerprint density at radius 3 is 2.53 bits per heavy atom. The van der Waals surface area contributed by atoms with Gasteiger partial charge in [0.25, 0.3) is 0 Å². The van der Waals surface area contributed by atoms with E-state index in [1.807, 2.05) is 6.08 Å². The molecule has 1 rings (SSSR count). The van der Waals surface area contributed by atoms with Gasteiger partial charge in [-0.2, -0.15) is 0 Å². The van der Waals surface area contributed by atoms with Crippen molar-refractivity contribution < 1.29 is 0 Å². The zero-order valence-electron chi connectivity index (χ0n) is 10.2. The second-order valence-corrected chi connectivity index (χ2v) is 5.11. The van der Waals surface area contributed by atoms with E-state index in [1.54, 1.807) is 0 Å². The zero-order valence-corrected chi connectivity index (χ0v) is 11.7. The number of rotatable bonds is 8. The highest BCUT2D eigenvalue weighted by Gasteiger charge is 2.08. The lowest BCUT2D eigenvalue weighted by Gasteiger charge is -2.16. The summed E-state index contributed by atoms with van der Waals surface area (Å²) in [5, 5.41) is 0. The summed E-state index contributed by atoms with van der Waals surface area (Å²) in [6.07, 6.45) is 7.82. The molecule has 1 aromatic rings. The van der Waals surface area contributed by atoms with Gasteiger partial charge in [-0.1, -0.05) is 47.0 Å². The molecule has 0 aliphatic heterocycles. The molecule has 0 saturated carbocycles. The SMILES string of the molecule is C=CCCCCCC(NN)c1ccc(Br)cc1. The van der Waals surface area contributed by atoms with Gasteiger partial charge >= 0.3 is 0 Å². The van der Waals surface area contributed by atoms with Crippen LogP contribution in [0.15, 0.2) is 41.4 Å². The van der Waals surface area contributed by atoms with Crippen molar-refractivity contribution in [3.05, 3.63) is 47.0 Å². The summed E-state index contributed by atoms with van der Waals surface area (Å²) in [6.45, 7) is 3.73.